The first-order chi connectivity index (χ1) is 9.94. The van der Waals surface area contributed by atoms with E-state index in [1.54, 1.807) is 0 Å². The van der Waals surface area contributed by atoms with Crippen LogP contribution in [0.4, 0.5) is 0 Å². The molecule has 2 rings (SSSR count). The Morgan fingerprint density at radius 2 is 1.67 bits per heavy atom. The molecule has 21 heavy (non-hydrogen) atoms. The number of benzene rings is 2. The fourth-order valence-corrected chi connectivity index (χ4v) is 2.88. The van der Waals surface area contributed by atoms with Gasteiger partial charge in [-0.3, -0.25) is 4.79 Å². The van der Waals surface area contributed by atoms with E-state index in [0.29, 0.717) is 10.9 Å². The van der Waals surface area contributed by atoms with Gasteiger partial charge in [0.05, 0.1) is 5.54 Å². The van der Waals surface area contributed by atoms with Gasteiger partial charge in [-0.1, -0.05) is 63.5 Å². The molecule has 0 bridgehead atoms. The Labute approximate surface area is 134 Å². The summed E-state index contributed by atoms with van der Waals surface area (Å²) in [5.41, 5.74) is 3.55. The summed E-state index contributed by atoms with van der Waals surface area (Å²) in [5, 5.41) is 3.80. The lowest BCUT2D eigenvalue weighted by Gasteiger charge is -2.29. The molecule has 1 amide bonds. The minimum Gasteiger partial charge on any atom is -0.342 e. The van der Waals surface area contributed by atoms with E-state index >= 15 is 0 Å². The van der Waals surface area contributed by atoms with Crippen LogP contribution in [0.3, 0.4) is 0 Å². The molecule has 110 valence electrons. The van der Waals surface area contributed by atoms with E-state index < -0.39 is 5.54 Å². The molecule has 0 aliphatic rings. The lowest BCUT2D eigenvalue weighted by molar-refractivity contribution is 0.0914. The summed E-state index contributed by atoms with van der Waals surface area (Å²) in [6.45, 7) is 6.03. The van der Waals surface area contributed by atoms with Crippen molar-refractivity contribution in [3.05, 3.63) is 70.8 Å². The first kappa shape index (κ1) is 15.8. The van der Waals surface area contributed by atoms with E-state index in [2.05, 4.69) is 27.3 Å². The Morgan fingerprint density at radius 3 is 2.19 bits per heavy atom. The molecular formula is C18H20BrNO. The van der Waals surface area contributed by atoms with E-state index in [-0.39, 0.29) is 5.91 Å². The van der Waals surface area contributed by atoms with Gasteiger partial charge in [0.25, 0.3) is 5.91 Å². The summed E-state index contributed by atoms with van der Waals surface area (Å²) in [6, 6.07) is 15.9. The largest absolute Gasteiger partial charge is 0.342 e. The quantitative estimate of drug-likeness (QED) is 0.820. The number of amides is 1. The van der Waals surface area contributed by atoms with E-state index in [1.165, 1.54) is 0 Å². The third kappa shape index (κ3) is 3.73. The molecule has 0 aromatic heterocycles. The highest BCUT2D eigenvalue weighted by Gasteiger charge is 2.27. The van der Waals surface area contributed by atoms with Gasteiger partial charge in [-0.05, 0) is 38.5 Å². The molecule has 2 nitrogen and oxygen atoms in total. The number of rotatable bonds is 4. The molecule has 0 saturated heterocycles. The van der Waals surface area contributed by atoms with Gasteiger partial charge in [-0.2, -0.15) is 0 Å². The molecule has 2 aromatic rings. The lowest BCUT2D eigenvalue weighted by Crippen LogP contribution is -2.45. The summed E-state index contributed by atoms with van der Waals surface area (Å²) >= 11 is 3.52. The van der Waals surface area contributed by atoms with Crippen LogP contribution in [0.5, 0.6) is 0 Å². The van der Waals surface area contributed by atoms with Crippen molar-refractivity contribution in [3.63, 3.8) is 0 Å². The van der Waals surface area contributed by atoms with E-state index in [1.807, 2.05) is 63.2 Å². The number of hydrogen-bond donors (Lipinski definition) is 1. The summed E-state index contributed by atoms with van der Waals surface area (Å²) in [4.78, 5) is 12.6. The number of carbonyl (C=O) groups excluding carboxylic acids is 1. The Bertz CT molecular complexity index is 619. The molecule has 0 aliphatic heterocycles. The first-order valence-corrected chi connectivity index (χ1v) is 8.09. The minimum atomic E-state index is -0.435. The summed E-state index contributed by atoms with van der Waals surface area (Å²) < 4.78 is 0. The van der Waals surface area contributed by atoms with Gasteiger partial charge >= 0.3 is 0 Å². The Balaban J connectivity index is 2.28. The Morgan fingerprint density at radius 1 is 1.10 bits per heavy atom. The van der Waals surface area contributed by atoms with Crippen molar-refractivity contribution >= 4 is 21.8 Å². The van der Waals surface area contributed by atoms with Crippen LogP contribution in [0, 0.1) is 13.8 Å². The molecule has 0 saturated carbocycles. The number of halogens is 1. The zero-order chi connectivity index (χ0) is 15.5. The predicted molar refractivity (Wildman–Crippen MR) is 91.0 cm³/mol. The third-order valence-corrected chi connectivity index (χ3v) is 4.67. The van der Waals surface area contributed by atoms with Crippen molar-refractivity contribution in [2.45, 2.75) is 26.3 Å². The second-order valence-electron chi connectivity index (χ2n) is 5.66. The zero-order valence-corrected chi connectivity index (χ0v) is 14.2. The fraction of sp³-hybridized carbons (Fsp3) is 0.278. The van der Waals surface area contributed by atoms with Crippen molar-refractivity contribution in [1.29, 1.82) is 0 Å². The maximum Gasteiger partial charge on any atom is 0.252 e. The number of carbonyl (C=O) groups is 1. The average molecular weight is 346 g/mol. The van der Waals surface area contributed by atoms with Gasteiger partial charge in [-0.15, -0.1) is 0 Å². The molecule has 0 aliphatic carbocycles. The number of aryl methyl sites for hydroxylation is 2. The fourth-order valence-electron chi connectivity index (χ4n) is 2.42. The second-order valence-corrected chi connectivity index (χ2v) is 6.22. The maximum absolute atomic E-state index is 12.6. The Hall–Kier alpha value is -1.61. The van der Waals surface area contributed by atoms with E-state index in [9.17, 15) is 4.79 Å². The van der Waals surface area contributed by atoms with E-state index in [4.69, 9.17) is 0 Å². The van der Waals surface area contributed by atoms with Crippen LogP contribution in [0.15, 0.2) is 48.5 Å². The highest BCUT2D eigenvalue weighted by Crippen LogP contribution is 2.23. The van der Waals surface area contributed by atoms with Crippen LogP contribution in [0.25, 0.3) is 0 Å². The van der Waals surface area contributed by atoms with Crippen LogP contribution in [-0.4, -0.2) is 11.2 Å². The van der Waals surface area contributed by atoms with Gasteiger partial charge in [0.15, 0.2) is 0 Å². The second kappa shape index (κ2) is 6.44. The smallest absolute Gasteiger partial charge is 0.252 e. The standard InChI is InChI=1S/C18H20BrNO/c1-13-9-14(2)11-15(10-13)17(21)20-18(3,12-19)16-7-5-4-6-8-16/h4-11H,12H2,1-3H3,(H,20,21). The minimum absolute atomic E-state index is 0.0485. The number of hydrogen-bond acceptors (Lipinski definition) is 1. The highest BCUT2D eigenvalue weighted by atomic mass is 79.9. The molecule has 2 aromatic carbocycles. The zero-order valence-electron chi connectivity index (χ0n) is 12.6. The van der Waals surface area contributed by atoms with Gasteiger partial charge < -0.3 is 5.32 Å². The van der Waals surface area contributed by atoms with Crippen LogP contribution in [0.2, 0.25) is 0 Å². The molecule has 0 heterocycles. The third-order valence-electron chi connectivity index (χ3n) is 3.55. The van der Waals surface area contributed by atoms with Crippen LogP contribution < -0.4 is 5.32 Å². The maximum atomic E-state index is 12.6. The molecule has 3 heteroatoms. The molecule has 0 radical (unpaired) electrons. The SMILES string of the molecule is Cc1cc(C)cc(C(=O)NC(C)(CBr)c2ccccc2)c1. The van der Waals surface area contributed by atoms with Gasteiger partial charge in [-0.25, -0.2) is 0 Å². The van der Waals surface area contributed by atoms with Crippen molar-refractivity contribution in [2.24, 2.45) is 0 Å². The topological polar surface area (TPSA) is 29.1 Å². The average Bonchev–Trinajstić information content (AvgIpc) is 2.47. The van der Waals surface area contributed by atoms with Crippen LogP contribution >= 0.6 is 15.9 Å². The van der Waals surface area contributed by atoms with Crippen LogP contribution in [0.1, 0.15) is 34.0 Å². The molecular weight excluding hydrogens is 326 g/mol. The van der Waals surface area contributed by atoms with Crippen molar-refractivity contribution in [1.82, 2.24) is 5.32 Å². The summed E-state index contributed by atoms with van der Waals surface area (Å²) in [5.74, 6) is -0.0485. The van der Waals surface area contributed by atoms with Gasteiger partial charge in [0.2, 0.25) is 0 Å². The lowest BCUT2D eigenvalue weighted by atomic mass is 9.93. The molecule has 1 N–H and O–H groups in total. The van der Waals surface area contributed by atoms with Crippen molar-refractivity contribution in [2.75, 3.05) is 5.33 Å². The molecule has 1 atom stereocenters. The Kier molecular flexibility index (Phi) is 4.84. The van der Waals surface area contributed by atoms with E-state index in [0.717, 1.165) is 16.7 Å². The molecule has 0 fully saturated rings. The van der Waals surface area contributed by atoms with Gasteiger partial charge in [0.1, 0.15) is 0 Å². The summed E-state index contributed by atoms with van der Waals surface area (Å²) in [7, 11) is 0. The van der Waals surface area contributed by atoms with Crippen LogP contribution in [-0.2, 0) is 5.54 Å². The van der Waals surface area contributed by atoms with Crippen molar-refractivity contribution < 1.29 is 4.79 Å². The normalized spacial score (nSPS) is 13.5. The highest BCUT2D eigenvalue weighted by molar-refractivity contribution is 9.09. The monoisotopic (exact) mass is 345 g/mol. The molecule has 0 spiro atoms. The van der Waals surface area contributed by atoms with Gasteiger partial charge in [0, 0.05) is 10.9 Å². The number of alkyl halides is 1. The first-order valence-electron chi connectivity index (χ1n) is 6.97. The summed E-state index contributed by atoms with van der Waals surface area (Å²) in [6.07, 6.45) is 0. The predicted octanol–water partition coefficient (Wildman–Crippen LogP) is 4.34. The molecule has 1 unspecified atom stereocenters. The number of nitrogens with one attached hydrogen (secondary N) is 1. The van der Waals surface area contributed by atoms with Crippen molar-refractivity contribution in [3.8, 4) is 0 Å².